The monoisotopic (exact) mass is 305 g/mol. The first-order chi connectivity index (χ1) is 10.1. The second-order valence-corrected chi connectivity index (χ2v) is 5.66. The molecule has 5 nitrogen and oxygen atoms in total. The van der Waals surface area contributed by atoms with Gasteiger partial charge in [-0.25, -0.2) is 0 Å². The van der Waals surface area contributed by atoms with Gasteiger partial charge in [-0.3, -0.25) is 9.59 Å². The molecule has 0 spiro atoms. The predicted molar refractivity (Wildman–Crippen MR) is 81.5 cm³/mol. The summed E-state index contributed by atoms with van der Waals surface area (Å²) in [5, 5.41) is 1.65. The Bertz CT molecular complexity index is 702. The topological polar surface area (TPSA) is 45.6 Å². The second-order valence-electron chi connectivity index (χ2n) is 5.23. The molecule has 0 N–H and O–H groups in total. The zero-order valence-electron chi connectivity index (χ0n) is 11.8. The Morgan fingerprint density at radius 1 is 1.19 bits per heavy atom. The van der Waals surface area contributed by atoms with Crippen LogP contribution in [0.1, 0.15) is 10.5 Å². The zero-order valence-corrected chi connectivity index (χ0v) is 12.5. The van der Waals surface area contributed by atoms with Crippen LogP contribution in [0.25, 0.3) is 10.9 Å². The van der Waals surface area contributed by atoms with Gasteiger partial charge in [0.2, 0.25) is 6.41 Å². The van der Waals surface area contributed by atoms with Gasteiger partial charge >= 0.3 is 0 Å². The number of piperazine rings is 1. The Balaban J connectivity index is 1.88. The van der Waals surface area contributed by atoms with Crippen molar-refractivity contribution in [2.24, 2.45) is 7.05 Å². The van der Waals surface area contributed by atoms with Crippen molar-refractivity contribution in [3.05, 3.63) is 35.0 Å². The van der Waals surface area contributed by atoms with Gasteiger partial charge in [-0.15, -0.1) is 0 Å². The molecule has 21 heavy (non-hydrogen) atoms. The molecule has 1 fully saturated rings. The van der Waals surface area contributed by atoms with E-state index in [-0.39, 0.29) is 5.91 Å². The zero-order chi connectivity index (χ0) is 15.0. The molecule has 2 aromatic rings. The van der Waals surface area contributed by atoms with E-state index in [1.807, 2.05) is 35.9 Å². The highest BCUT2D eigenvalue weighted by Gasteiger charge is 2.23. The fourth-order valence-corrected chi connectivity index (χ4v) is 2.87. The Morgan fingerprint density at radius 2 is 1.90 bits per heavy atom. The molecule has 1 aromatic heterocycles. The largest absolute Gasteiger partial charge is 0.342 e. The molecule has 3 rings (SSSR count). The van der Waals surface area contributed by atoms with Gasteiger partial charge in [-0.05, 0) is 18.2 Å². The Kier molecular flexibility index (Phi) is 3.59. The molecule has 0 saturated carbocycles. The van der Waals surface area contributed by atoms with E-state index < -0.39 is 0 Å². The van der Waals surface area contributed by atoms with Gasteiger partial charge in [-0.1, -0.05) is 17.7 Å². The van der Waals surface area contributed by atoms with E-state index >= 15 is 0 Å². The minimum Gasteiger partial charge on any atom is -0.342 e. The molecule has 0 unspecified atom stereocenters. The SMILES string of the molecule is Cn1c(C(=O)N2CCN(C=O)CC2)cc2ccc(Cl)cc21. The van der Waals surface area contributed by atoms with Crippen LogP contribution in [0.4, 0.5) is 0 Å². The molecule has 110 valence electrons. The van der Waals surface area contributed by atoms with E-state index in [1.54, 1.807) is 9.80 Å². The van der Waals surface area contributed by atoms with E-state index in [0.29, 0.717) is 36.9 Å². The Labute approximate surface area is 127 Å². The quantitative estimate of drug-likeness (QED) is 0.794. The van der Waals surface area contributed by atoms with Crippen LogP contribution in [0.5, 0.6) is 0 Å². The third-order valence-corrected chi connectivity index (χ3v) is 4.21. The van der Waals surface area contributed by atoms with Gasteiger partial charge in [0.25, 0.3) is 5.91 Å². The summed E-state index contributed by atoms with van der Waals surface area (Å²) in [5.74, 6) is -0.00429. The number of benzene rings is 1. The van der Waals surface area contributed by atoms with Crippen molar-refractivity contribution in [2.45, 2.75) is 0 Å². The number of aryl methyl sites for hydroxylation is 1. The average Bonchev–Trinajstić information content (AvgIpc) is 2.83. The maximum absolute atomic E-state index is 12.6. The molecule has 6 heteroatoms. The molecule has 0 atom stereocenters. The van der Waals surface area contributed by atoms with Gasteiger partial charge in [0.15, 0.2) is 0 Å². The van der Waals surface area contributed by atoms with E-state index in [9.17, 15) is 9.59 Å². The second kappa shape index (κ2) is 5.41. The lowest BCUT2D eigenvalue weighted by molar-refractivity contribution is -0.119. The Hall–Kier alpha value is -2.01. The first-order valence-electron chi connectivity index (χ1n) is 6.84. The summed E-state index contributed by atoms with van der Waals surface area (Å²) in [4.78, 5) is 26.8. The average molecular weight is 306 g/mol. The number of carbonyl (C=O) groups is 2. The highest BCUT2D eigenvalue weighted by atomic mass is 35.5. The van der Waals surface area contributed by atoms with Crippen molar-refractivity contribution >= 4 is 34.8 Å². The molecule has 2 heterocycles. The first-order valence-corrected chi connectivity index (χ1v) is 7.21. The third kappa shape index (κ3) is 2.49. The minimum atomic E-state index is -0.00429. The van der Waals surface area contributed by atoms with Crippen molar-refractivity contribution in [3.63, 3.8) is 0 Å². The normalized spacial score (nSPS) is 15.5. The summed E-state index contributed by atoms with van der Waals surface area (Å²) in [6.45, 7) is 2.32. The number of rotatable bonds is 2. The minimum absolute atomic E-state index is 0.00429. The molecule has 1 aliphatic rings. The first kappa shape index (κ1) is 13.9. The number of halogens is 1. The maximum atomic E-state index is 12.6. The van der Waals surface area contributed by atoms with Gasteiger partial charge < -0.3 is 14.4 Å². The van der Waals surface area contributed by atoms with Crippen molar-refractivity contribution in [1.29, 1.82) is 0 Å². The molecule has 0 radical (unpaired) electrons. The molecule has 1 aromatic carbocycles. The maximum Gasteiger partial charge on any atom is 0.270 e. The Morgan fingerprint density at radius 3 is 2.57 bits per heavy atom. The molecule has 1 aliphatic heterocycles. The number of hydrogen-bond acceptors (Lipinski definition) is 2. The molecule has 2 amide bonds. The van der Waals surface area contributed by atoms with Crippen LogP contribution in [-0.4, -0.2) is 52.9 Å². The van der Waals surface area contributed by atoms with E-state index in [0.717, 1.165) is 17.3 Å². The molecular weight excluding hydrogens is 290 g/mol. The predicted octanol–water partition coefficient (Wildman–Crippen LogP) is 1.75. The lowest BCUT2D eigenvalue weighted by atomic mass is 10.2. The highest BCUT2D eigenvalue weighted by molar-refractivity contribution is 6.31. The van der Waals surface area contributed by atoms with Crippen LogP contribution in [0.3, 0.4) is 0 Å². The number of nitrogens with zero attached hydrogens (tertiary/aromatic N) is 3. The van der Waals surface area contributed by atoms with Gasteiger partial charge in [-0.2, -0.15) is 0 Å². The van der Waals surface area contributed by atoms with E-state index in [2.05, 4.69) is 0 Å². The van der Waals surface area contributed by atoms with Crippen molar-refractivity contribution in [1.82, 2.24) is 14.4 Å². The van der Waals surface area contributed by atoms with Gasteiger partial charge in [0.05, 0.1) is 0 Å². The summed E-state index contributed by atoms with van der Waals surface area (Å²) in [5.41, 5.74) is 1.59. The van der Waals surface area contributed by atoms with Gasteiger partial charge in [0, 0.05) is 49.2 Å². The number of carbonyl (C=O) groups excluding carboxylic acids is 2. The van der Waals surface area contributed by atoms with Crippen LogP contribution in [-0.2, 0) is 11.8 Å². The summed E-state index contributed by atoms with van der Waals surface area (Å²) in [6, 6.07) is 7.48. The lowest BCUT2D eigenvalue weighted by Gasteiger charge is -2.32. The fourth-order valence-electron chi connectivity index (χ4n) is 2.70. The number of amides is 2. The highest BCUT2D eigenvalue weighted by Crippen LogP contribution is 2.23. The van der Waals surface area contributed by atoms with Crippen LogP contribution < -0.4 is 0 Å². The van der Waals surface area contributed by atoms with Gasteiger partial charge in [0.1, 0.15) is 5.69 Å². The fraction of sp³-hybridized carbons (Fsp3) is 0.333. The molecule has 0 aliphatic carbocycles. The lowest BCUT2D eigenvalue weighted by Crippen LogP contribution is -2.48. The van der Waals surface area contributed by atoms with E-state index in [4.69, 9.17) is 11.6 Å². The summed E-state index contributed by atoms with van der Waals surface area (Å²) in [6.07, 6.45) is 0.834. The van der Waals surface area contributed by atoms with Crippen molar-refractivity contribution in [2.75, 3.05) is 26.2 Å². The van der Waals surface area contributed by atoms with Crippen molar-refractivity contribution < 1.29 is 9.59 Å². The molecule has 0 bridgehead atoms. The van der Waals surface area contributed by atoms with Crippen molar-refractivity contribution in [3.8, 4) is 0 Å². The summed E-state index contributed by atoms with van der Waals surface area (Å²) in [7, 11) is 1.87. The third-order valence-electron chi connectivity index (χ3n) is 3.98. The van der Waals surface area contributed by atoms with Crippen LogP contribution in [0.15, 0.2) is 24.3 Å². The number of fused-ring (bicyclic) bond motifs is 1. The molecule has 1 saturated heterocycles. The smallest absolute Gasteiger partial charge is 0.270 e. The summed E-state index contributed by atoms with van der Waals surface area (Å²) < 4.78 is 1.87. The van der Waals surface area contributed by atoms with E-state index in [1.165, 1.54) is 0 Å². The molecular formula is C15H16ClN3O2. The number of hydrogen-bond donors (Lipinski definition) is 0. The summed E-state index contributed by atoms with van der Waals surface area (Å²) >= 11 is 6.01. The standard InChI is InChI=1S/C15H16ClN3O2/c1-17-13-9-12(16)3-2-11(13)8-14(17)15(21)19-6-4-18(10-20)5-7-19/h2-3,8-10H,4-7H2,1H3. The number of aromatic nitrogens is 1. The van der Waals surface area contributed by atoms with Crippen LogP contribution in [0, 0.1) is 0 Å². The van der Waals surface area contributed by atoms with Crippen LogP contribution >= 0.6 is 11.6 Å². The van der Waals surface area contributed by atoms with Crippen LogP contribution in [0.2, 0.25) is 5.02 Å².